The zero-order chi connectivity index (χ0) is 19.4. The lowest BCUT2D eigenvalue weighted by Gasteiger charge is -2.29. The van der Waals surface area contributed by atoms with Gasteiger partial charge in [-0.25, -0.2) is 8.78 Å². The molecule has 142 valence electrons. The lowest BCUT2D eigenvalue weighted by Crippen LogP contribution is -2.28. The molecule has 0 radical (unpaired) electrons. The number of nitrogen functional groups attached to an aromatic ring is 1. The van der Waals surface area contributed by atoms with E-state index in [2.05, 4.69) is 5.32 Å². The van der Waals surface area contributed by atoms with E-state index >= 15 is 0 Å². The van der Waals surface area contributed by atoms with Crippen LogP contribution in [0.2, 0.25) is 0 Å². The molecule has 2 aromatic carbocycles. The fourth-order valence-electron chi connectivity index (χ4n) is 2.72. The second-order valence-electron chi connectivity index (χ2n) is 6.22. The van der Waals surface area contributed by atoms with Crippen LogP contribution in [0.5, 0.6) is 11.5 Å². The average molecular weight is 365 g/mol. The Morgan fingerprint density at radius 3 is 2.23 bits per heavy atom. The van der Waals surface area contributed by atoms with Gasteiger partial charge in [-0.3, -0.25) is 0 Å². The van der Waals surface area contributed by atoms with Crippen molar-refractivity contribution in [2.24, 2.45) is 0 Å². The second kappa shape index (κ2) is 8.12. The first kappa shape index (κ1) is 19.6. The number of methoxy groups -OCH3 is 2. The molecule has 2 rings (SSSR count). The number of halogens is 2. The molecule has 7 heteroatoms. The van der Waals surface area contributed by atoms with Gasteiger partial charge in [-0.2, -0.15) is 0 Å². The van der Waals surface area contributed by atoms with Gasteiger partial charge < -0.3 is 25.4 Å². The van der Waals surface area contributed by atoms with Crippen LogP contribution in [0.25, 0.3) is 0 Å². The van der Waals surface area contributed by atoms with Crippen LogP contribution in [-0.4, -0.2) is 27.3 Å². The summed E-state index contributed by atoms with van der Waals surface area (Å²) < 4.78 is 38.0. The van der Waals surface area contributed by atoms with Gasteiger partial charge >= 0.3 is 0 Å². The van der Waals surface area contributed by atoms with E-state index in [1.807, 2.05) is 25.8 Å². The molecule has 5 nitrogen and oxygen atoms in total. The van der Waals surface area contributed by atoms with Gasteiger partial charge in [0.1, 0.15) is 5.75 Å². The summed E-state index contributed by atoms with van der Waals surface area (Å²) in [4.78, 5) is 2.03. The lowest BCUT2D eigenvalue weighted by molar-refractivity contribution is 0.360. The van der Waals surface area contributed by atoms with Crippen molar-refractivity contribution in [1.82, 2.24) is 0 Å². The summed E-state index contributed by atoms with van der Waals surface area (Å²) in [6.45, 7) is 4.38. The highest BCUT2D eigenvalue weighted by Gasteiger charge is 2.19. The van der Waals surface area contributed by atoms with Crippen molar-refractivity contribution in [3.63, 3.8) is 0 Å². The molecule has 2 aromatic rings. The molecular formula is C19H25F2N3O2. The first-order valence-corrected chi connectivity index (χ1v) is 8.25. The Morgan fingerprint density at radius 1 is 1.12 bits per heavy atom. The monoisotopic (exact) mass is 365 g/mol. The molecule has 0 saturated carbocycles. The van der Waals surface area contributed by atoms with Crippen molar-refractivity contribution in [2.45, 2.75) is 26.4 Å². The first-order valence-electron chi connectivity index (χ1n) is 8.25. The molecule has 0 aliphatic rings. The summed E-state index contributed by atoms with van der Waals surface area (Å²) in [5.74, 6) is -1.30. The molecule has 0 atom stereocenters. The third-order valence-corrected chi connectivity index (χ3v) is 4.29. The summed E-state index contributed by atoms with van der Waals surface area (Å²) in [5.41, 5.74) is 8.70. The Kier molecular flexibility index (Phi) is 6.13. The Morgan fingerprint density at radius 2 is 1.73 bits per heavy atom. The van der Waals surface area contributed by atoms with Gasteiger partial charge in [0.05, 0.1) is 25.6 Å². The minimum Gasteiger partial charge on any atom is -0.496 e. The van der Waals surface area contributed by atoms with Crippen LogP contribution in [-0.2, 0) is 6.54 Å². The van der Waals surface area contributed by atoms with E-state index in [0.29, 0.717) is 17.1 Å². The predicted octanol–water partition coefficient (Wildman–Crippen LogP) is 4.02. The number of ether oxygens (including phenoxy) is 2. The molecular weight excluding hydrogens is 340 g/mol. The Labute approximate surface area is 152 Å². The van der Waals surface area contributed by atoms with Gasteiger partial charge in [-0.1, -0.05) is 0 Å². The molecule has 0 aliphatic heterocycles. The molecule has 0 bridgehead atoms. The smallest absolute Gasteiger partial charge is 0.190 e. The summed E-state index contributed by atoms with van der Waals surface area (Å²) in [6.07, 6.45) is 0. The number of nitrogens with two attached hydrogens (primary N) is 1. The van der Waals surface area contributed by atoms with Crippen LogP contribution in [0.15, 0.2) is 24.3 Å². The van der Waals surface area contributed by atoms with Crippen molar-refractivity contribution in [2.75, 3.05) is 37.2 Å². The summed E-state index contributed by atoms with van der Waals surface area (Å²) in [5, 5.41) is 3.03. The van der Waals surface area contributed by atoms with Crippen LogP contribution < -0.4 is 25.4 Å². The quantitative estimate of drug-likeness (QED) is 0.726. The van der Waals surface area contributed by atoms with Crippen LogP contribution in [0.4, 0.5) is 25.8 Å². The molecule has 26 heavy (non-hydrogen) atoms. The van der Waals surface area contributed by atoms with Gasteiger partial charge in [0.15, 0.2) is 17.4 Å². The van der Waals surface area contributed by atoms with Gasteiger partial charge in [0, 0.05) is 43.0 Å². The summed E-state index contributed by atoms with van der Waals surface area (Å²) in [7, 11) is 4.73. The van der Waals surface area contributed by atoms with E-state index < -0.39 is 17.4 Å². The number of hydrogen-bond acceptors (Lipinski definition) is 5. The van der Waals surface area contributed by atoms with E-state index in [9.17, 15) is 8.78 Å². The number of benzene rings is 2. The largest absolute Gasteiger partial charge is 0.496 e. The number of anilines is 3. The minimum absolute atomic E-state index is 0.207. The van der Waals surface area contributed by atoms with Gasteiger partial charge in [0.2, 0.25) is 0 Å². The third-order valence-electron chi connectivity index (χ3n) is 4.29. The van der Waals surface area contributed by atoms with E-state index in [1.165, 1.54) is 19.2 Å². The third kappa shape index (κ3) is 3.92. The summed E-state index contributed by atoms with van der Waals surface area (Å²) in [6, 6.07) is 6.14. The molecule has 0 unspecified atom stereocenters. The fraction of sp³-hybridized carbons (Fsp3) is 0.368. The van der Waals surface area contributed by atoms with Gasteiger partial charge in [0.25, 0.3) is 0 Å². The maximum absolute atomic E-state index is 13.9. The van der Waals surface area contributed by atoms with Crippen LogP contribution in [0.3, 0.4) is 0 Å². The average Bonchev–Trinajstić information content (AvgIpc) is 2.59. The SMILES string of the molecule is COc1ccc(N)c(N(C)C(C)C)c1CNc1cc(F)c(OC)c(F)c1. The molecule has 3 N–H and O–H groups in total. The van der Waals surface area contributed by atoms with E-state index in [0.717, 1.165) is 11.3 Å². The molecule has 0 amide bonds. The van der Waals surface area contributed by atoms with E-state index in [4.69, 9.17) is 15.2 Å². The van der Waals surface area contributed by atoms with E-state index in [-0.39, 0.29) is 12.6 Å². The highest BCUT2D eigenvalue weighted by molar-refractivity contribution is 5.75. The van der Waals surface area contributed by atoms with Crippen LogP contribution in [0.1, 0.15) is 19.4 Å². The van der Waals surface area contributed by atoms with Crippen LogP contribution in [0, 0.1) is 11.6 Å². The summed E-state index contributed by atoms with van der Waals surface area (Å²) >= 11 is 0. The van der Waals surface area contributed by atoms with Gasteiger partial charge in [-0.15, -0.1) is 0 Å². The molecule has 0 saturated heterocycles. The molecule has 0 spiro atoms. The fourth-order valence-corrected chi connectivity index (χ4v) is 2.72. The zero-order valence-electron chi connectivity index (χ0n) is 15.7. The highest BCUT2D eigenvalue weighted by Crippen LogP contribution is 2.36. The number of nitrogens with one attached hydrogen (secondary N) is 1. The standard InChI is InChI=1S/C19H25F2N3O2/c1-11(2)24(3)18-13(17(25-4)7-6-16(18)22)10-23-12-8-14(20)19(26-5)15(21)9-12/h6-9,11,23H,10,22H2,1-5H3. The van der Waals surface area contributed by atoms with Crippen molar-refractivity contribution < 1.29 is 18.3 Å². The highest BCUT2D eigenvalue weighted by atomic mass is 19.1. The normalized spacial score (nSPS) is 10.8. The number of rotatable bonds is 7. The predicted molar refractivity (Wildman–Crippen MR) is 101 cm³/mol. The molecule has 0 fully saturated rings. The number of hydrogen-bond donors (Lipinski definition) is 2. The first-order chi connectivity index (χ1) is 12.3. The molecule has 0 heterocycles. The van der Waals surface area contributed by atoms with Crippen molar-refractivity contribution in [3.8, 4) is 11.5 Å². The topological polar surface area (TPSA) is 59.8 Å². The lowest BCUT2D eigenvalue weighted by atomic mass is 10.1. The Bertz CT molecular complexity index is 759. The van der Waals surface area contributed by atoms with Crippen LogP contribution >= 0.6 is 0 Å². The van der Waals surface area contributed by atoms with Gasteiger partial charge in [-0.05, 0) is 26.0 Å². The Hall–Kier alpha value is -2.70. The van der Waals surface area contributed by atoms with E-state index in [1.54, 1.807) is 19.2 Å². The maximum atomic E-state index is 13.9. The molecule has 0 aliphatic carbocycles. The number of nitrogens with zero attached hydrogens (tertiary/aromatic N) is 1. The maximum Gasteiger partial charge on any atom is 0.190 e. The Balaban J connectivity index is 2.39. The molecule has 0 aromatic heterocycles. The van der Waals surface area contributed by atoms with Crippen molar-refractivity contribution in [1.29, 1.82) is 0 Å². The second-order valence-corrected chi connectivity index (χ2v) is 6.22. The minimum atomic E-state index is -0.769. The zero-order valence-corrected chi connectivity index (χ0v) is 15.7. The van der Waals surface area contributed by atoms with Crippen molar-refractivity contribution >= 4 is 17.1 Å². The van der Waals surface area contributed by atoms with Crippen molar-refractivity contribution in [3.05, 3.63) is 41.5 Å².